The van der Waals surface area contributed by atoms with Crippen molar-refractivity contribution in [1.82, 2.24) is 0 Å². The molecule has 0 N–H and O–H groups in total. The molecule has 5 nitrogen and oxygen atoms in total. The van der Waals surface area contributed by atoms with E-state index in [1.807, 2.05) is 30.0 Å². The number of hydrogen-bond acceptors (Lipinski definition) is 5. The van der Waals surface area contributed by atoms with Crippen LogP contribution in [0.15, 0.2) is 18.2 Å². The number of fused-ring (bicyclic) bond motifs is 1. The summed E-state index contributed by atoms with van der Waals surface area (Å²) in [5.74, 6) is 0.389. The van der Waals surface area contributed by atoms with Crippen molar-refractivity contribution in [2.24, 2.45) is 5.92 Å². The highest BCUT2D eigenvalue weighted by molar-refractivity contribution is 7.80. The Morgan fingerprint density at radius 2 is 2.12 bits per heavy atom. The molecule has 2 rings (SSSR count). The van der Waals surface area contributed by atoms with Crippen LogP contribution in [0.1, 0.15) is 32.8 Å². The van der Waals surface area contributed by atoms with Crippen molar-refractivity contribution in [3.05, 3.63) is 23.8 Å². The molecule has 0 saturated heterocycles. The summed E-state index contributed by atoms with van der Waals surface area (Å²) in [5, 5.41) is 0. The molecule has 1 aliphatic heterocycles. The summed E-state index contributed by atoms with van der Waals surface area (Å²) in [6.45, 7) is 5.56. The summed E-state index contributed by atoms with van der Waals surface area (Å²) in [6.07, 6.45) is 0.870. The minimum Gasteiger partial charge on any atom is -0.497 e. The molecule has 0 bridgehead atoms. The number of nitrogens with zero attached hydrogens (tertiary/aromatic N) is 1. The number of methoxy groups -OCH3 is 1. The zero-order valence-corrected chi connectivity index (χ0v) is 15.3. The van der Waals surface area contributed by atoms with E-state index in [0.717, 1.165) is 17.0 Å². The average molecular weight is 349 g/mol. The molecule has 130 valence electrons. The van der Waals surface area contributed by atoms with E-state index in [0.29, 0.717) is 24.4 Å². The number of hydrogen-bond donors (Lipinski definition) is 0. The summed E-state index contributed by atoms with van der Waals surface area (Å²) in [4.78, 5) is 26.3. The summed E-state index contributed by atoms with van der Waals surface area (Å²) in [5.41, 5.74) is 1.87. The van der Waals surface area contributed by atoms with Gasteiger partial charge >= 0.3 is 5.97 Å². The monoisotopic (exact) mass is 349 g/mol. The number of rotatable bonds is 6. The standard InChI is InChI=1S/C18H23NO4S/c1-5-23-18(21)16-10-13-9-14(22-4)6-7-15(13)19(16)17(24)11(2)8-12(3)20/h6-7,9,11,16H,5,8,10H2,1-4H3. The van der Waals surface area contributed by atoms with E-state index in [9.17, 15) is 9.59 Å². The zero-order valence-electron chi connectivity index (χ0n) is 14.5. The first-order valence-electron chi connectivity index (χ1n) is 8.05. The third kappa shape index (κ3) is 3.75. The van der Waals surface area contributed by atoms with Crippen LogP contribution in [-0.2, 0) is 20.7 Å². The molecule has 0 spiro atoms. The number of anilines is 1. The number of esters is 1. The second-order valence-electron chi connectivity index (χ2n) is 5.98. The third-order valence-electron chi connectivity index (χ3n) is 4.08. The molecule has 6 heteroatoms. The molecule has 0 radical (unpaired) electrons. The van der Waals surface area contributed by atoms with Crippen LogP contribution < -0.4 is 9.64 Å². The topological polar surface area (TPSA) is 55.8 Å². The van der Waals surface area contributed by atoms with Gasteiger partial charge in [0.2, 0.25) is 0 Å². The Labute approximate surface area is 147 Å². The van der Waals surface area contributed by atoms with E-state index >= 15 is 0 Å². The number of thiocarbonyl (C=S) groups is 1. The normalized spacial score (nSPS) is 17.2. The molecule has 1 aliphatic rings. The molecule has 2 unspecified atom stereocenters. The summed E-state index contributed by atoms with van der Waals surface area (Å²) < 4.78 is 10.5. The smallest absolute Gasteiger partial charge is 0.329 e. The van der Waals surface area contributed by atoms with Crippen molar-refractivity contribution in [2.75, 3.05) is 18.6 Å². The molecule has 0 saturated carbocycles. The Balaban J connectivity index is 2.37. The van der Waals surface area contributed by atoms with Crippen LogP contribution in [0.25, 0.3) is 0 Å². The fourth-order valence-electron chi connectivity index (χ4n) is 3.01. The Kier molecular flexibility index (Phi) is 5.94. The quantitative estimate of drug-likeness (QED) is 0.581. The second kappa shape index (κ2) is 7.75. The lowest BCUT2D eigenvalue weighted by Gasteiger charge is -2.29. The Hall–Kier alpha value is -1.95. The summed E-state index contributed by atoms with van der Waals surface area (Å²) in [6, 6.07) is 5.17. The maximum atomic E-state index is 12.4. The maximum Gasteiger partial charge on any atom is 0.329 e. The molecular weight excluding hydrogens is 326 g/mol. The van der Waals surface area contributed by atoms with Crippen LogP contribution in [0.3, 0.4) is 0 Å². The minimum atomic E-state index is -0.492. The van der Waals surface area contributed by atoms with Gasteiger partial charge in [0.05, 0.1) is 18.7 Å². The summed E-state index contributed by atoms with van der Waals surface area (Å²) >= 11 is 5.61. The Morgan fingerprint density at radius 3 is 2.71 bits per heavy atom. The van der Waals surface area contributed by atoms with E-state index in [1.165, 1.54) is 0 Å². The van der Waals surface area contributed by atoms with Gasteiger partial charge in [0, 0.05) is 24.4 Å². The lowest BCUT2D eigenvalue weighted by atomic mass is 10.0. The predicted octanol–water partition coefficient (Wildman–Crippen LogP) is 2.93. The molecule has 24 heavy (non-hydrogen) atoms. The first-order chi connectivity index (χ1) is 11.4. The van der Waals surface area contributed by atoms with Crippen LogP contribution in [0, 0.1) is 5.92 Å². The van der Waals surface area contributed by atoms with Crippen LogP contribution in [0.5, 0.6) is 5.75 Å². The van der Waals surface area contributed by atoms with Crippen molar-refractivity contribution < 1.29 is 19.1 Å². The van der Waals surface area contributed by atoms with Crippen molar-refractivity contribution in [3.63, 3.8) is 0 Å². The van der Waals surface area contributed by atoms with Gasteiger partial charge in [-0.05, 0) is 37.6 Å². The van der Waals surface area contributed by atoms with Gasteiger partial charge in [0.15, 0.2) is 0 Å². The molecule has 0 amide bonds. The summed E-state index contributed by atoms with van der Waals surface area (Å²) in [7, 11) is 1.61. The SMILES string of the molecule is CCOC(=O)C1Cc2cc(OC)ccc2N1C(=S)C(C)CC(C)=O. The average Bonchev–Trinajstić information content (AvgIpc) is 2.92. The first-order valence-corrected chi connectivity index (χ1v) is 8.45. The van der Waals surface area contributed by atoms with Crippen molar-refractivity contribution >= 4 is 34.6 Å². The highest BCUT2D eigenvalue weighted by atomic mass is 32.1. The highest BCUT2D eigenvalue weighted by Crippen LogP contribution is 2.37. The van der Waals surface area contributed by atoms with Gasteiger partial charge in [-0.1, -0.05) is 19.1 Å². The second-order valence-corrected chi connectivity index (χ2v) is 6.40. The molecule has 2 atom stereocenters. The fraction of sp³-hybridized carbons (Fsp3) is 0.500. The van der Waals surface area contributed by atoms with Gasteiger partial charge in [-0.15, -0.1) is 0 Å². The van der Waals surface area contributed by atoms with E-state index in [-0.39, 0.29) is 17.7 Å². The largest absolute Gasteiger partial charge is 0.497 e. The molecular formula is C18H23NO4S. The van der Waals surface area contributed by atoms with E-state index in [4.69, 9.17) is 21.7 Å². The van der Waals surface area contributed by atoms with E-state index in [1.54, 1.807) is 21.0 Å². The minimum absolute atomic E-state index is 0.0756. The van der Waals surface area contributed by atoms with Gasteiger partial charge in [-0.25, -0.2) is 4.79 Å². The number of ether oxygens (including phenoxy) is 2. The lowest BCUT2D eigenvalue weighted by molar-refractivity contribution is -0.144. The molecule has 1 aromatic carbocycles. The Bertz CT molecular complexity index is 658. The van der Waals surface area contributed by atoms with Gasteiger partial charge in [-0.3, -0.25) is 0 Å². The number of carbonyl (C=O) groups is 2. The fourth-order valence-corrected chi connectivity index (χ4v) is 3.32. The van der Waals surface area contributed by atoms with Crippen LogP contribution >= 0.6 is 12.2 Å². The first kappa shape index (κ1) is 18.4. The number of benzene rings is 1. The van der Waals surface area contributed by atoms with Gasteiger partial charge < -0.3 is 19.2 Å². The molecule has 1 aromatic rings. The van der Waals surface area contributed by atoms with Crippen molar-refractivity contribution in [2.45, 2.75) is 39.7 Å². The number of Topliss-reactive ketones (excluding diaryl/α,β-unsaturated/α-hetero) is 1. The molecule has 1 heterocycles. The van der Waals surface area contributed by atoms with Crippen LogP contribution in [0.4, 0.5) is 5.69 Å². The predicted molar refractivity (Wildman–Crippen MR) is 96.7 cm³/mol. The van der Waals surface area contributed by atoms with Crippen molar-refractivity contribution in [1.29, 1.82) is 0 Å². The van der Waals surface area contributed by atoms with Gasteiger partial charge in [-0.2, -0.15) is 0 Å². The molecule has 0 aliphatic carbocycles. The van der Waals surface area contributed by atoms with Gasteiger partial charge in [0.1, 0.15) is 17.6 Å². The van der Waals surface area contributed by atoms with Crippen LogP contribution in [-0.4, -0.2) is 36.5 Å². The number of ketones is 1. The van der Waals surface area contributed by atoms with E-state index in [2.05, 4.69) is 0 Å². The van der Waals surface area contributed by atoms with Crippen molar-refractivity contribution in [3.8, 4) is 5.75 Å². The zero-order chi connectivity index (χ0) is 17.9. The van der Waals surface area contributed by atoms with Gasteiger partial charge in [0.25, 0.3) is 0 Å². The lowest BCUT2D eigenvalue weighted by Crippen LogP contribution is -2.45. The number of carbonyl (C=O) groups excluding carboxylic acids is 2. The Morgan fingerprint density at radius 1 is 1.42 bits per heavy atom. The maximum absolute atomic E-state index is 12.4. The molecule has 0 fully saturated rings. The third-order valence-corrected chi connectivity index (χ3v) is 4.68. The van der Waals surface area contributed by atoms with E-state index < -0.39 is 6.04 Å². The molecule has 0 aromatic heterocycles. The highest BCUT2D eigenvalue weighted by Gasteiger charge is 2.39. The van der Waals surface area contributed by atoms with Crippen LogP contribution in [0.2, 0.25) is 0 Å².